The predicted molar refractivity (Wildman–Crippen MR) is 64.5 cm³/mol. The van der Waals surface area contributed by atoms with Gasteiger partial charge in [0.1, 0.15) is 0 Å². The van der Waals surface area contributed by atoms with Gasteiger partial charge in [-0.25, -0.2) is 0 Å². The molecule has 1 aliphatic carbocycles. The van der Waals surface area contributed by atoms with Gasteiger partial charge in [-0.1, -0.05) is 30.3 Å². The molecule has 0 aliphatic heterocycles. The maximum Gasteiger partial charge on any atom is 0.228 e. The number of nitrogens with zero attached hydrogens (tertiary/aromatic N) is 1. The van der Waals surface area contributed by atoms with E-state index in [0.29, 0.717) is 5.92 Å². The molecule has 4 heteroatoms. The average Bonchev–Trinajstić information content (AvgIpc) is 3.02. The van der Waals surface area contributed by atoms with Gasteiger partial charge in [-0.3, -0.25) is 9.89 Å². The topological polar surface area (TPSA) is 57.8 Å². The molecule has 2 unspecified atom stereocenters. The normalized spacial score (nSPS) is 22.1. The highest BCUT2D eigenvalue weighted by molar-refractivity contribution is 5.94. The van der Waals surface area contributed by atoms with Gasteiger partial charge >= 0.3 is 0 Å². The molecule has 3 rings (SSSR count). The zero-order valence-corrected chi connectivity index (χ0v) is 9.26. The van der Waals surface area contributed by atoms with E-state index in [9.17, 15) is 4.79 Å². The summed E-state index contributed by atoms with van der Waals surface area (Å²) in [7, 11) is 0. The second kappa shape index (κ2) is 4.05. The Morgan fingerprint density at radius 3 is 2.88 bits per heavy atom. The number of aromatic nitrogens is 2. The zero-order valence-electron chi connectivity index (χ0n) is 9.26. The number of benzene rings is 1. The maximum atomic E-state index is 11.9. The lowest BCUT2D eigenvalue weighted by Gasteiger charge is -2.01. The van der Waals surface area contributed by atoms with Gasteiger partial charge in [0, 0.05) is 12.1 Å². The molecule has 86 valence electrons. The first kappa shape index (κ1) is 10.1. The quantitative estimate of drug-likeness (QED) is 0.844. The molecule has 2 atom stereocenters. The van der Waals surface area contributed by atoms with Crippen molar-refractivity contribution in [3.8, 4) is 0 Å². The highest BCUT2D eigenvalue weighted by atomic mass is 16.2. The first-order valence-electron chi connectivity index (χ1n) is 5.69. The van der Waals surface area contributed by atoms with E-state index in [1.54, 1.807) is 12.4 Å². The molecular weight excluding hydrogens is 214 g/mol. The number of carbonyl (C=O) groups is 1. The standard InChI is InChI=1S/C13H13N3O/c17-13(16-10-7-14-15-8-10)12-6-11(12)9-4-2-1-3-5-9/h1-5,7-8,11-12H,6H2,(H,14,15)(H,16,17). The Morgan fingerprint density at radius 2 is 2.18 bits per heavy atom. The van der Waals surface area contributed by atoms with Crippen molar-refractivity contribution >= 4 is 11.6 Å². The molecule has 1 aliphatic rings. The van der Waals surface area contributed by atoms with Crippen LogP contribution in [0.3, 0.4) is 0 Å². The van der Waals surface area contributed by atoms with Gasteiger partial charge in [0.15, 0.2) is 0 Å². The number of anilines is 1. The molecule has 1 fully saturated rings. The van der Waals surface area contributed by atoms with Crippen molar-refractivity contribution in [1.29, 1.82) is 0 Å². The lowest BCUT2D eigenvalue weighted by molar-refractivity contribution is -0.117. The summed E-state index contributed by atoms with van der Waals surface area (Å²) in [6.45, 7) is 0. The fourth-order valence-corrected chi connectivity index (χ4v) is 2.11. The van der Waals surface area contributed by atoms with Crippen LogP contribution >= 0.6 is 0 Å². The van der Waals surface area contributed by atoms with Crippen molar-refractivity contribution in [2.75, 3.05) is 5.32 Å². The van der Waals surface area contributed by atoms with Gasteiger partial charge in [0.05, 0.1) is 11.9 Å². The van der Waals surface area contributed by atoms with Crippen LogP contribution < -0.4 is 5.32 Å². The molecule has 17 heavy (non-hydrogen) atoms. The molecule has 1 heterocycles. The number of aromatic amines is 1. The number of carbonyl (C=O) groups excluding carboxylic acids is 1. The Hall–Kier alpha value is -2.10. The maximum absolute atomic E-state index is 11.9. The molecule has 2 N–H and O–H groups in total. The number of rotatable bonds is 3. The van der Waals surface area contributed by atoms with Crippen LogP contribution in [-0.2, 0) is 4.79 Å². The minimum absolute atomic E-state index is 0.0836. The molecule has 0 saturated heterocycles. The van der Waals surface area contributed by atoms with Crippen molar-refractivity contribution in [3.05, 3.63) is 48.3 Å². The Balaban J connectivity index is 1.63. The van der Waals surface area contributed by atoms with E-state index in [0.717, 1.165) is 12.1 Å². The summed E-state index contributed by atoms with van der Waals surface area (Å²) < 4.78 is 0. The summed E-state index contributed by atoms with van der Waals surface area (Å²) in [5.74, 6) is 0.565. The molecule has 2 aromatic rings. The Labute approximate surface area is 99.1 Å². The molecule has 1 aromatic carbocycles. The average molecular weight is 227 g/mol. The van der Waals surface area contributed by atoms with Crippen molar-refractivity contribution < 1.29 is 4.79 Å². The highest BCUT2D eigenvalue weighted by Gasteiger charge is 2.43. The second-order valence-electron chi connectivity index (χ2n) is 4.34. The molecule has 1 saturated carbocycles. The van der Waals surface area contributed by atoms with Gasteiger partial charge in [0.25, 0.3) is 0 Å². The van der Waals surface area contributed by atoms with Crippen LogP contribution in [0.1, 0.15) is 17.9 Å². The summed E-state index contributed by atoms with van der Waals surface area (Å²) >= 11 is 0. The Morgan fingerprint density at radius 1 is 1.35 bits per heavy atom. The number of hydrogen-bond acceptors (Lipinski definition) is 2. The van der Waals surface area contributed by atoms with Crippen molar-refractivity contribution in [1.82, 2.24) is 10.2 Å². The number of hydrogen-bond donors (Lipinski definition) is 2. The molecule has 1 aromatic heterocycles. The Bertz CT molecular complexity index is 507. The molecule has 4 nitrogen and oxygen atoms in total. The van der Waals surface area contributed by atoms with Gasteiger partial charge < -0.3 is 5.32 Å². The minimum Gasteiger partial charge on any atom is -0.323 e. The summed E-state index contributed by atoms with van der Waals surface area (Å²) in [4.78, 5) is 11.9. The lowest BCUT2D eigenvalue weighted by atomic mass is 10.1. The molecule has 0 spiro atoms. The van der Waals surface area contributed by atoms with Gasteiger partial charge in [0.2, 0.25) is 5.91 Å². The van der Waals surface area contributed by atoms with Crippen LogP contribution in [0.4, 0.5) is 5.69 Å². The summed E-state index contributed by atoms with van der Waals surface area (Å²) in [5, 5.41) is 9.32. The molecule has 1 amide bonds. The molecule has 0 bridgehead atoms. The number of H-pyrrole nitrogens is 1. The van der Waals surface area contributed by atoms with E-state index in [1.165, 1.54) is 5.56 Å². The predicted octanol–water partition coefficient (Wildman–Crippen LogP) is 2.15. The van der Waals surface area contributed by atoms with Crippen molar-refractivity contribution in [2.24, 2.45) is 5.92 Å². The van der Waals surface area contributed by atoms with Gasteiger partial charge in [-0.05, 0) is 17.9 Å². The molecular formula is C13H13N3O. The van der Waals surface area contributed by atoms with Crippen LogP contribution in [0.5, 0.6) is 0 Å². The third-order valence-electron chi connectivity index (χ3n) is 3.12. The van der Waals surface area contributed by atoms with Gasteiger partial charge in [-0.2, -0.15) is 5.10 Å². The lowest BCUT2D eigenvalue weighted by Crippen LogP contribution is -2.13. The third-order valence-corrected chi connectivity index (χ3v) is 3.12. The fourth-order valence-electron chi connectivity index (χ4n) is 2.11. The first-order valence-corrected chi connectivity index (χ1v) is 5.69. The third kappa shape index (κ3) is 2.06. The summed E-state index contributed by atoms with van der Waals surface area (Å²) in [6, 6.07) is 10.2. The van der Waals surface area contributed by atoms with Crippen molar-refractivity contribution in [2.45, 2.75) is 12.3 Å². The monoisotopic (exact) mass is 227 g/mol. The minimum atomic E-state index is 0.0836. The number of nitrogens with one attached hydrogen (secondary N) is 2. The second-order valence-corrected chi connectivity index (χ2v) is 4.34. The van der Waals surface area contributed by atoms with Gasteiger partial charge in [-0.15, -0.1) is 0 Å². The van der Waals surface area contributed by atoms with Crippen LogP contribution in [0.15, 0.2) is 42.7 Å². The van der Waals surface area contributed by atoms with Crippen molar-refractivity contribution in [3.63, 3.8) is 0 Å². The summed E-state index contributed by atoms with van der Waals surface area (Å²) in [6.07, 6.45) is 4.23. The van der Waals surface area contributed by atoms with Crippen LogP contribution in [0, 0.1) is 5.92 Å². The highest BCUT2D eigenvalue weighted by Crippen LogP contribution is 2.47. The SMILES string of the molecule is O=C(Nc1cn[nH]c1)C1CC1c1ccccc1. The molecule has 0 radical (unpaired) electrons. The smallest absolute Gasteiger partial charge is 0.228 e. The first-order chi connectivity index (χ1) is 8.34. The van der Waals surface area contributed by atoms with E-state index in [-0.39, 0.29) is 11.8 Å². The van der Waals surface area contributed by atoms with E-state index in [2.05, 4.69) is 27.6 Å². The van der Waals surface area contributed by atoms with Crippen LogP contribution in [0.25, 0.3) is 0 Å². The Kier molecular flexibility index (Phi) is 2.40. The number of amides is 1. The van der Waals surface area contributed by atoms with Crippen LogP contribution in [-0.4, -0.2) is 16.1 Å². The van der Waals surface area contributed by atoms with E-state index in [1.807, 2.05) is 18.2 Å². The van der Waals surface area contributed by atoms with Crippen LogP contribution in [0.2, 0.25) is 0 Å². The van der Waals surface area contributed by atoms with E-state index >= 15 is 0 Å². The largest absolute Gasteiger partial charge is 0.323 e. The summed E-state index contributed by atoms with van der Waals surface area (Å²) in [5.41, 5.74) is 1.98. The fraction of sp³-hybridized carbons (Fsp3) is 0.231. The van der Waals surface area contributed by atoms with E-state index in [4.69, 9.17) is 0 Å². The zero-order chi connectivity index (χ0) is 11.7. The van der Waals surface area contributed by atoms with E-state index < -0.39 is 0 Å².